The molecule has 100 valence electrons. The normalized spacial score (nSPS) is 11.4. The van der Waals surface area contributed by atoms with Crippen LogP contribution in [0.25, 0.3) is 0 Å². The third-order valence-corrected chi connectivity index (χ3v) is 3.43. The molecule has 0 saturated carbocycles. The van der Waals surface area contributed by atoms with Crippen LogP contribution in [-0.2, 0) is 0 Å². The molecule has 0 heterocycles. The van der Waals surface area contributed by atoms with E-state index in [4.69, 9.17) is 0 Å². The van der Waals surface area contributed by atoms with E-state index in [1.165, 1.54) is 22.5 Å². The van der Waals surface area contributed by atoms with E-state index >= 15 is 0 Å². The van der Waals surface area contributed by atoms with Crippen LogP contribution in [0.2, 0.25) is 0 Å². The molecule has 0 amide bonds. The van der Waals surface area contributed by atoms with Crippen LogP contribution in [0.1, 0.15) is 31.9 Å². The Morgan fingerprint density at radius 3 is 1.89 bits per heavy atom. The van der Waals surface area contributed by atoms with Crippen molar-refractivity contribution >= 4 is 11.4 Å². The Labute approximate surface area is 116 Å². The van der Waals surface area contributed by atoms with Gasteiger partial charge in [-0.1, -0.05) is 24.3 Å². The topological polar surface area (TPSA) is 3.24 Å². The first kappa shape index (κ1) is 13.7. The summed E-state index contributed by atoms with van der Waals surface area (Å²) in [6.45, 7) is 11.1. The predicted octanol–water partition coefficient (Wildman–Crippen LogP) is 5.24. The molecule has 0 spiro atoms. The van der Waals surface area contributed by atoms with E-state index < -0.39 is 0 Å². The summed E-state index contributed by atoms with van der Waals surface area (Å²) in [5.74, 6) is 0. The molecular weight excluding hydrogens is 230 g/mol. The summed E-state index contributed by atoms with van der Waals surface area (Å²) < 4.78 is 0. The van der Waals surface area contributed by atoms with Crippen LogP contribution in [-0.4, -0.2) is 5.54 Å². The maximum atomic E-state index is 2.39. The quantitative estimate of drug-likeness (QED) is 0.707. The summed E-state index contributed by atoms with van der Waals surface area (Å²) in [6.07, 6.45) is 0. The maximum absolute atomic E-state index is 2.39. The summed E-state index contributed by atoms with van der Waals surface area (Å²) in [5, 5.41) is 0. The lowest BCUT2D eigenvalue weighted by molar-refractivity contribution is 0.560. The average Bonchev–Trinajstić information content (AvgIpc) is 2.34. The number of hydrogen-bond donors (Lipinski definition) is 0. The molecule has 0 bridgehead atoms. The predicted molar refractivity (Wildman–Crippen MR) is 84.3 cm³/mol. The highest BCUT2D eigenvalue weighted by molar-refractivity contribution is 5.66. The molecule has 0 atom stereocenters. The second kappa shape index (κ2) is 5.08. The molecule has 0 aliphatic heterocycles. The van der Waals surface area contributed by atoms with Crippen LogP contribution in [0.4, 0.5) is 11.4 Å². The SMILES string of the molecule is Cc1ccc(N(c2ccccc2)C(C)(C)C)cc1C. The van der Waals surface area contributed by atoms with Gasteiger partial charge in [0, 0.05) is 16.9 Å². The van der Waals surface area contributed by atoms with Gasteiger partial charge in [0.25, 0.3) is 0 Å². The second-order valence-electron chi connectivity index (χ2n) is 6.11. The van der Waals surface area contributed by atoms with Gasteiger partial charge in [-0.2, -0.15) is 0 Å². The van der Waals surface area contributed by atoms with Gasteiger partial charge >= 0.3 is 0 Å². The van der Waals surface area contributed by atoms with E-state index in [9.17, 15) is 0 Å². The van der Waals surface area contributed by atoms with Crippen molar-refractivity contribution in [2.24, 2.45) is 0 Å². The monoisotopic (exact) mass is 253 g/mol. The lowest BCUT2D eigenvalue weighted by Crippen LogP contribution is -2.37. The van der Waals surface area contributed by atoms with Crippen molar-refractivity contribution in [1.82, 2.24) is 0 Å². The third kappa shape index (κ3) is 2.98. The zero-order chi connectivity index (χ0) is 14.0. The number of aryl methyl sites for hydroxylation is 2. The highest BCUT2D eigenvalue weighted by Crippen LogP contribution is 2.33. The Kier molecular flexibility index (Phi) is 3.66. The number of rotatable bonds is 2. The van der Waals surface area contributed by atoms with Crippen LogP contribution in [0, 0.1) is 13.8 Å². The fourth-order valence-corrected chi connectivity index (χ4v) is 2.37. The van der Waals surface area contributed by atoms with Gasteiger partial charge in [-0.25, -0.2) is 0 Å². The van der Waals surface area contributed by atoms with Gasteiger partial charge in [-0.05, 0) is 70.0 Å². The average molecular weight is 253 g/mol. The Bertz CT molecular complexity index is 550. The van der Waals surface area contributed by atoms with Crippen molar-refractivity contribution in [1.29, 1.82) is 0 Å². The first-order valence-electron chi connectivity index (χ1n) is 6.82. The summed E-state index contributed by atoms with van der Waals surface area (Å²) in [4.78, 5) is 2.39. The van der Waals surface area contributed by atoms with Crippen molar-refractivity contribution in [3.63, 3.8) is 0 Å². The highest BCUT2D eigenvalue weighted by Gasteiger charge is 2.23. The maximum Gasteiger partial charge on any atom is 0.0418 e. The molecule has 1 heteroatoms. The fourth-order valence-electron chi connectivity index (χ4n) is 2.37. The third-order valence-electron chi connectivity index (χ3n) is 3.43. The van der Waals surface area contributed by atoms with Crippen molar-refractivity contribution in [3.05, 3.63) is 59.7 Å². The number of benzene rings is 2. The molecular formula is C18H23N. The molecule has 0 aliphatic rings. The Hall–Kier alpha value is -1.76. The molecule has 1 nitrogen and oxygen atoms in total. The number of anilines is 2. The van der Waals surface area contributed by atoms with Crippen LogP contribution in [0.15, 0.2) is 48.5 Å². The fraction of sp³-hybridized carbons (Fsp3) is 0.333. The lowest BCUT2D eigenvalue weighted by atomic mass is 10.0. The molecule has 0 radical (unpaired) electrons. The smallest absolute Gasteiger partial charge is 0.0418 e. The summed E-state index contributed by atoms with van der Waals surface area (Å²) in [6, 6.07) is 17.3. The molecule has 2 rings (SSSR count). The Morgan fingerprint density at radius 2 is 1.37 bits per heavy atom. The van der Waals surface area contributed by atoms with Crippen molar-refractivity contribution in [2.45, 2.75) is 40.2 Å². The molecule has 0 aliphatic carbocycles. The number of nitrogens with zero attached hydrogens (tertiary/aromatic N) is 1. The first-order chi connectivity index (χ1) is 8.89. The second-order valence-corrected chi connectivity index (χ2v) is 6.11. The summed E-state index contributed by atoms with van der Waals surface area (Å²) in [7, 11) is 0. The van der Waals surface area contributed by atoms with E-state index in [0.29, 0.717) is 0 Å². The Balaban J connectivity index is 2.53. The summed E-state index contributed by atoms with van der Waals surface area (Å²) in [5.41, 5.74) is 5.21. The molecule has 2 aromatic carbocycles. The van der Waals surface area contributed by atoms with Crippen LogP contribution >= 0.6 is 0 Å². The number of hydrogen-bond acceptors (Lipinski definition) is 1. The van der Waals surface area contributed by atoms with E-state index in [1.807, 2.05) is 0 Å². The van der Waals surface area contributed by atoms with Gasteiger partial charge in [0.1, 0.15) is 0 Å². The number of para-hydroxylation sites is 1. The minimum atomic E-state index is 0.0447. The summed E-state index contributed by atoms with van der Waals surface area (Å²) >= 11 is 0. The van der Waals surface area contributed by atoms with Crippen molar-refractivity contribution in [3.8, 4) is 0 Å². The van der Waals surface area contributed by atoms with Crippen LogP contribution < -0.4 is 4.90 Å². The van der Waals surface area contributed by atoms with Gasteiger partial charge in [0.2, 0.25) is 0 Å². The van der Waals surface area contributed by atoms with E-state index in [-0.39, 0.29) is 5.54 Å². The zero-order valence-corrected chi connectivity index (χ0v) is 12.6. The molecule has 0 saturated heterocycles. The molecule has 2 aromatic rings. The van der Waals surface area contributed by atoms with E-state index in [1.54, 1.807) is 0 Å². The molecule has 0 fully saturated rings. The van der Waals surface area contributed by atoms with Gasteiger partial charge < -0.3 is 4.90 Å². The molecule has 0 unspecified atom stereocenters. The minimum Gasteiger partial charge on any atom is -0.336 e. The first-order valence-corrected chi connectivity index (χ1v) is 6.82. The lowest BCUT2D eigenvalue weighted by Gasteiger charge is -2.38. The van der Waals surface area contributed by atoms with E-state index in [2.05, 4.69) is 88.0 Å². The standard InChI is InChI=1S/C18H23N/c1-14-11-12-17(13-15(14)2)19(18(3,4)5)16-9-7-6-8-10-16/h6-13H,1-5H3. The van der Waals surface area contributed by atoms with Gasteiger partial charge in [-0.15, -0.1) is 0 Å². The Morgan fingerprint density at radius 1 is 0.737 bits per heavy atom. The molecule has 19 heavy (non-hydrogen) atoms. The molecule has 0 aromatic heterocycles. The zero-order valence-electron chi connectivity index (χ0n) is 12.6. The van der Waals surface area contributed by atoms with Gasteiger partial charge in [-0.3, -0.25) is 0 Å². The molecule has 0 N–H and O–H groups in total. The van der Waals surface area contributed by atoms with Gasteiger partial charge in [0.05, 0.1) is 0 Å². The van der Waals surface area contributed by atoms with Crippen molar-refractivity contribution < 1.29 is 0 Å². The minimum absolute atomic E-state index is 0.0447. The van der Waals surface area contributed by atoms with E-state index in [0.717, 1.165) is 0 Å². The van der Waals surface area contributed by atoms with Crippen molar-refractivity contribution in [2.75, 3.05) is 4.90 Å². The van der Waals surface area contributed by atoms with Crippen LogP contribution in [0.3, 0.4) is 0 Å². The van der Waals surface area contributed by atoms with Gasteiger partial charge in [0.15, 0.2) is 0 Å². The highest BCUT2D eigenvalue weighted by atomic mass is 15.2. The largest absolute Gasteiger partial charge is 0.336 e. The van der Waals surface area contributed by atoms with Crippen LogP contribution in [0.5, 0.6) is 0 Å².